The van der Waals surface area contributed by atoms with E-state index in [-0.39, 0.29) is 11.8 Å². The molecule has 1 amide bonds. The summed E-state index contributed by atoms with van der Waals surface area (Å²) in [5.74, 6) is 1.67. The van der Waals surface area contributed by atoms with Gasteiger partial charge in [-0.15, -0.1) is 0 Å². The number of nitrogens with one attached hydrogen (secondary N) is 1. The van der Waals surface area contributed by atoms with Crippen molar-refractivity contribution in [1.29, 1.82) is 0 Å². The van der Waals surface area contributed by atoms with Crippen LogP contribution in [0.2, 0.25) is 0 Å². The number of carbonyl (C=O) groups is 1. The summed E-state index contributed by atoms with van der Waals surface area (Å²) >= 11 is 0. The second kappa shape index (κ2) is 8.48. The van der Waals surface area contributed by atoms with E-state index in [2.05, 4.69) is 15.5 Å². The largest absolute Gasteiger partial charge is 0.497 e. The topological polar surface area (TPSA) is 86.5 Å². The highest BCUT2D eigenvalue weighted by atomic mass is 16.5. The fourth-order valence-corrected chi connectivity index (χ4v) is 3.01. The molecule has 0 saturated carbocycles. The molecular weight excluding hydrogens is 382 g/mol. The number of aromatic nitrogens is 2. The first-order chi connectivity index (χ1) is 14.7. The van der Waals surface area contributed by atoms with Crippen LogP contribution in [0.4, 0.5) is 5.69 Å². The van der Waals surface area contributed by atoms with Crippen molar-refractivity contribution in [1.82, 2.24) is 10.1 Å². The number of hydrogen-bond acceptors (Lipinski definition) is 6. The first kappa shape index (κ1) is 19.2. The van der Waals surface area contributed by atoms with Gasteiger partial charge in [-0.2, -0.15) is 4.98 Å². The normalized spacial score (nSPS) is 10.5. The molecular formula is C23H19N3O4. The van der Waals surface area contributed by atoms with E-state index in [4.69, 9.17) is 14.0 Å². The van der Waals surface area contributed by atoms with Gasteiger partial charge in [0.2, 0.25) is 5.82 Å². The Morgan fingerprint density at radius 1 is 0.900 bits per heavy atom. The molecule has 0 aliphatic carbocycles. The van der Waals surface area contributed by atoms with Crippen LogP contribution < -0.4 is 14.8 Å². The van der Waals surface area contributed by atoms with E-state index in [1.807, 2.05) is 36.4 Å². The Morgan fingerprint density at radius 3 is 2.47 bits per heavy atom. The molecule has 1 N–H and O–H groups in total. The van der Waals surface area contributed by atoms with Crippen LogP contribution in [0.25, 0.3) is 22.8 Å². The first-order valence-electron chi connectivity index (χ1n) is 9.21. The van der Waals surface area contributed by atoms with Crippen LogP contribution in [0.3, 0.4) is 0 Å². The highest BCUT2D eigenvalue weighted by molar-refractivity contribution is 6.06. The molecule has 7 heteroatoms. The summed E-state index contributed by atoms with van der Waals surface area (Å²) in [6.07, 6.45) is 0. The number of benzene rings is 3. The molecule has 0 bridgehead atoms. The van der Waals surface area contributed by atoms with E-state index in [0.29, 0.717) is 39.7 Å². The SMILES string of the molecule is COc1cccc(C(=O)Nc2ccccc2-c2nc(-c3ccccc3OC)no2)c1. The molecule has 1 aromatic heterocycles. The first-order valence-corrected chi connectivity index (χ1v) is 9.21. The molecule has 0 aliphatic rings. The van der Waals surface area contributed by atoms with Crippen LogP contribution in [-0.2, 0) is 0 Å². The third kappa shape index (κ3) is 3.86. The van der Waals surface area contributed by atoms with Gasteiger partial charge < -0.3 is 19.3 Å². The molecule has 4 aromatic rings. The minimum absolute atomic E-state index is 0.272. The van der Waals surface area contributed by atoms with Gasteiger partial charge in [0.25, 0.3) is 11.8 Å². The molecule has 1 heterocycles. The maximum atomic E-state index is 12.7. The second-order valence-corrected chi connectivity index (χ2v) is 6.36. The van der Waals surface area contributed by atoms with Crippen LogP contribution in [0, 0.1) is 0 Å². The van der Waals surface area contributed by atoms with E-state index in [1.54, 1.807) is 50.6 Å². The molecule has 0 saturated heterocycles. The zero-order valence-corrected chi connectivity index (χ0v) is 16.5. The number of methoxy groups -OCH3 is 2. The zero-order valence-electron chi connectivity index (χ0n) is 16.5. The average Bonchev–Trinajstić information content (AvgIpc) is 3.29. The number of anilines is 1. The lowest BCUT2D eigenvalue weighted by Crippen LogP contribution is -2.12. The highest BCUT2D eigenvalue weighted by Gasteiger charge is 2.18. The smallest absolute Gasteiger partial charge is 0.260 e. The summed E-state index contributed by atoms with van der Waals surface area (Å²) in [5, 5.41) is 6.98. The predicted molar refractivity (Wildman–Crippen MR) is 113 cm³/mol. The minimum atomic E-state index is -0.272. The van der Waals surface area contributed by atoms with Gasteiger partial charge >= 0.3 is 0 Å². The fraction of sp³-hybridized carbons (Fsp3) is 0.0870. The third-order valence-electron chi connectivity index (χ3n) is 4.51. The van der Waals surface area contributed by atoms with Crippen molar-refractivity contribution in [3.63, 3.8) is 0 Å². The summed E-state index contributed by atoms with van der Waals surface area (Å²) < 4.78 is 16.0. The van der Waals surface area contributed by atoms with Gasteiger partial charge in [0.05, 0.1) is 31.0 Å². The zero-order chi connectivity index (χ0) is 20.9. The molecule has 3 aromatic carbocycles. The average molecular weight is 401 g/mol. The van der Waals surface area contributed by atoms with Crippen molar-refractivity contribution in [2.24, 2.45) is 0 Å². The minimum Gasteiger partial charge on any atom is -0.497 e. The Balaban J connectivity index is 1.64. The number of nitrogens with zero attached hydrogens (tertiary/aromatic N) is 2. The fourth-order valence-electron chi connectivity index (χ4n) is 3.01. The summed E-state index contributed by atoms with van der Waals surface area (Å²) in [5.41, 5.74) is 2.36. The molecule has 150 valence electrons. The molecule has 30 heavy (non-hydrogen) atoms. The van der Waals surface area contributed by atoms with E-state index in [1.165, 1.54) is 0 Å². The van der Waals surface area contributed by atoms with Crippen molar-refractivity contribution in [2.45, 2.75) is 0 Å². The van der Waals surface area contributed by atoms with E-state index >= 15 is 0 Å². The molecule has 0 spiro atoms. The van der Waals surface area contributed by atoms with E-state index in [9.17, 15) is 4.79 Å². The van der Waals surface area contributed by atoms with Crippen LogP contribution >= 0.6 is 0 Å². The van der Waals surface area contributed by atoms with Crippen LogP contribution in [0.15, 0.2) is 77.3 Å². The second-order valence-electron chi connectivity index (χ2n) is 6.36. The van der Waals surface area contributed by atoms with Crippen molar-refractivity contribution >= 4 is 11.6 Å². The van der Waals surface area contributed by atoms with Gasteiger partial charge in [0.1, 0.15) is 11.5 Å². The van der Waals surface area contributed by atoms with Crippen LogP contribution in [0.5, 0.6) is 11.5 Å². The molecule has 0 fully saturated rings. The summed E-state index contributed by atoms with van der Waals surface area (Å²) in [6.45, 7) is 0. The number of amides is 1. The van der Waals surface area contributed by atoms with Crippen LogP contribution in [0.1, 0.15) is 10.4 Å². The summed E-state index contributed by atoms with van der Waals surface area (Å²) in [7, 11) is 3.14. The predicted octanol–water partition coefficient (Wildman–Crippen LogP) is 4.67. The lowest BCUT2D eigenvalue weighted by Gasteiger charge is -2.09. The maximum absolute atomic E-state index is 12.7. The van der Waals surface area contributed by atoms with Crippen molar-refractivity contribution < 1.29 is 18.8 Å². The van der Waals surface area contributed by atoms with Crippen LogP contribution in [-0.4, -0.2) is 30.3 Å². The lowest BCUT2D eigenvalue weighted by atomic mass is 10.1. The van der Waals surface area contributed by atoms with Crippen molar-refractivity contribution in [3.05, 3.63) is 78.4 Å². The molecule has 0 atom stereocenters. The lowest BCUT2D eigenvalue weighted by molar-refractivity contribution is 0.102. The number of para-hydroxylation sites is 2. The number of carbonyl (C=O) groups excluding carboxylic acids is 1. The molecule has 7 nitrogen and oxygen atoms in total. The van der Waals surface area contributed by atoms with Crippen molar-refractivity contribution in [2.75, 3.05) is 19.5 Å². The highest BCUT2D eigenvalue weighted by Crippen LogP contribution is 2.32. The molecule has 4 rings (SSSR count). The quantitative estimate of drug-likeness (QED) is 0.505. The Morgan fingerprint density at radius 2 is 1.67 bits per heavy atom. The molecule has 0 unspecified atom stereocenters. The number of hydrogen-bond donors (Lipinski definition) is 1. The Hall–Kier alpha value is -4.13. The molecule has 0 radical (unpaired) electrons. The van der Waals surface area contributed by atoms with E-state index < -0.39 is 0 Å². The van der Waals surface area contributed by atoms with Gasteiger partial charge in [0, 0.05) is 5.56 Å². The van der Waals surface area contributed by atoms with Gasteiger partial charge in [-0.05, 0) is 42.5 Å². The van der Waals surface area contributed by atoms with Gasteiger partial charge in [-0.25, -0.2) is 0 Å². The monoisotopic (exact) mass is 401 g/mol. The number of ether oxygens (including phenoxy) is 2. The summed E-state index contributed by atoms with van der Waals surface area (Å²) in [4.78, 5) is 17.2. The maximum Gasteiger partial charge on any atom is 0.260 e. The number of rotatable bonds is 6. The Bertz CT molecular complexity index is 1190. The Kier molecular flexibility index (Phi) is 5.43. The van der Waals surface area contributed by atoms with Gasteiger partial charge in [-0.3, -0.25) is 4.79 Å². The third-order valence-corrected chi connectivity index (χ3v) is 4.51. The standard InChI is InChI=1S/C23H19N3O4/c1-28-16-9-7-8-15(14-16)22(27)24-19-12-5-3-10-17(19)23-25-21(26-30-23)18-11-4-6-13-20(18)29-2/h3-14H,1-2H3,(H,24,27). The molecule has 0 aliphatic heterocycles. The van der Waals surface area contributed by atoms with Gasteiger partial charge in [0.15, 0.2) is 0 Å². The van der Waals surface area contributed by atoms with Gasteiger partial charge in [-0.1, -0.05) is 35.5 Å². The Labute approximate surface area is 173 Å². The van der Waals surface area contributed by atoms with Crippen molar-refractivity contribution in [3.8, 4) is 34.3 Å². The summed E-state index contributed by atoms with van der Waals surface area (Å²) in [6, 6.07) is 21.6. The van der Waals surface area contributed by atoms with E-state index in [0.717, 1.165) is 0 Å².